The Morgan fingerprint density at radius 1 is 0.889 bits per heavy atom. The minimum atomic E-state index is 0.667. The fourth-order valence-corrected chi connectivity index (χ4v) is 1.76. The van der Waals surface area contributed by atoms with Crippen molar-refractivity contribution in [1.82, 2.24) is 0 Å². The molecular formula is C16H16O2. The van der Waals surface area contributed by atoms with Gasteiger partial charge < -0.3 is 4.74 Å². The van der Waals surface area contributed by atoms with E-state index in [0.29, 0.717) is 5.56 Å². The number of carbonyl (C=O) groups excluding carboxylic acids is 1. The van der Waals surface area contributed by atoms with Crippen LogP contribution in [0.2, 0.25) is 0 Å². The van der Waals surface area contributed by atoms with Crippen LogP contribution in [0.5, 0.6) is 11.5 Å². The second-order valence-corrected chi connectivity index (χ2v) is 4.49. The number of hydrogen-bond donors (Lipinski definition) is 0. The molecule has 2 rings (SSSR count). The second kappa shape index (κ2) is 5.05. The molecular weight excluding hydrogens is 224 g/mol. The summed E-state index contributed by atoms with van der Waals surface area (Å²) in [7, 11) is 0. The first-order chi connectivity index (χ1) is 8.60. The minimum Gasteiger partial charge on any atom is -0.457 e. The largest absolute Gasteiger partial charge is 0.457 e. The van der Waals surface area contributed by atoms with Crippen molar-refractivity contribution >= 4 is 6.29 Å². The van der Waals surface area contributed by atoms with Gasteiger partial charge in [-0.25, -0.2) is 0 Å². The molecule has 2 nitrogen and oxygen atoms in total. The summed E-state index contributed by atoms with van der Waals surface area (Å²) in [6.07, 6.45) is 0.840. The zero-order valence-electron chi connectivity index (χ0n) is 10.9. The van der Waals surface area contributed by atoms with E-state index in [1.807, 2.05) is 37.3 Å². The van der Waals surface area contributed by atoms with E-state index in [9.17, 15) is 4.79 Å². The molecule has 0 fully saturated rings. The van der Waals surface area contributed by atoms with Crippen molar-refractivity contribution in [3.8, 4) is 11.5 Å². The first kappa shape index (κ1) is 12.4. The molecule has 0 aliphatic carbocycles. The summed E-state index contributed by atoms with van der Waals surface area (Å²) in [6, 6.07) is 11.4. The van der Waals surface area contributed by atoms with Crippen molar-refractivity contribution in [3.63, 3.8) is 0 Å². The highest BCUT2D eigenvalue weighted by Gasteiger charge is 2.03. The van der Waals surface area contributed by atoms with Gasteiger partial charge in [0.15, 0.2) is 0 Å². The van der Waals surface area contributed by atoms with Gasteiger partial charge in [0.05, 0.1) is 0 Å². The van der Waals surface area contributed by atoms with Gasteiger partial charge in [0.1, 0.15) is 17.8 Å². The van der Waals surface area contributed by atoms with Crippen molar-refractivity contribution in [1.29, 1.82) is 0 Å². The van der Waals surface area contributed by atoms with Crippen LogP contribution in [0.4, 0.5) is 0 Å². The van der Waals surface area contributed by atoms with Gasteiger partial charge in [0.25, 0.3) is 0 Å². The van der Waals surface area contributed by atoms with E-state index >= 15 is 0 Å². The summed E-state index contributed by atoms with van der Waals surface area (Å²) < 4.78 is 5.83. The molecule has 0 saturated carbocycles. The lowest BCUT2D eigenvalue weighted by Gasteiger charge is -2.10. The minimum absolute atomic E-state index is 0.667. The van der Waals surface area contributed by atoms with Crippen molar-refractivity contribution in [3.05, 3.63) is 58.7 Å². The molecule has 0 saturated heterocycles. The Kier molecular flexibility index (Phi) is 3.47. The summed E-state index contributed by atoms with van der Waals surface area (Å²) in [5.74, 6) is 1.60. The van der Waals surface area contributed by atoms with Crippen LogP contribution in [0.3, 0.4) is 0 Å². The number of hydrogen-bond acceptors (Lipinski definition) is 2. The Hall–Kier alpha value is -2.09. The van der Waals surface area contributed by atoms with Crippen LogP contribution in [0.1, 0.15) is 27.0 Å². The van der Waals surface area contributed by atoms with E-state index in [4.69, 9.17) is 4.74 Å². The van der Waals surface area contributed by atoms with E-state index in [-0.39, 0.29) is 0 Å². The van der Waals surface area contributed by atoms with Crippen LogP contribution >= 0.6 is 0 Å². The van der Waals surface area contributed by atoms with E-state index in [2.05, 4.69) is 13.8 Å². The monoisotopic (exact) mass is 240 g/mol. The van der Waals surface area contributed by atoms with Crippen molar-refractivity contribution in [2.45, 2.75) is 20.8 Å². The number of carbonyl (C=O) groups is 1. The highest BCUT2D eigenvalue weighted by Crippen LogP contribution is 2.26. The lowest BCUT2D eigenvalue weighted by molar-refractivity contribution is 0.112. The highest BCUT2D eigenvalue weighted by atomic mass is 16.5. The molecule has 0 radical (unpaired) electrons. The second-order valence-electron chi connectivity index (χ2n) is 4.49. The maximum atomic E-state index is 10.7. The molecule has 0 aliphatic heterocycles. The maximum absolute atomic E-state index is 10.7. The zero-order chi connectivity index (χ0) is 13.1. The Morgan fingerprint density at radius 2 is 1.67 bits per heavy atom. The Bertz CT molecular complexity index is 586. The van der Waals surface area contributed by atoms with Crippen LogP contribution in [0, 0.1) is 20.8 Å². The number of aldehydes is 1. The standard InChI is InChI=1S/C16H16O2/c1-11-4-6-15(9-12(11)2)18-16-7-5-14(10-17)8-13(16)3/h4-10H,1-3H3. The summed E-state index contributed by atoms with van der Waals surface area (Å²) in [6.45, 7) is 6.07. The summed E-state index contributed by atoms with van der Waals surface area (Å²) in [5.41, 5.74) is 4.07. The predicted octanol–water partition coefficient (Wildman–Crippen LogP) is 4.22. The number of ether oxygens (including phenoxy) is 1. The van der Waals surface area contributed by atoms with Crippen LogP contribution in [0.25, 0.3) is 0 Å². The van der Waals surface area contributed by atoms with Gasteiger partial charge in [-0.05, 0) is 67.8 Å². The summed E-state index contributed by atoms with van der Waals surface area (Å²) in [5, 5.41) is 0. The number of aryl methyl sites for hydroxylation is 3. The molecule has 18 heavy (non-hydrogen) atoms. The van der Waals surface area contributed by atoms with E-state index in [0.717, 1.165) is 23.3 Å². The molecule has 92 valence electrons. The summed E-state index contributed by atoms with van der Waals surface area (Å²) in [4.78, 5) is 10.7. The van der Waals surface area contributed by atoms with E-state index < -0.39 is 0 Å². The van der Waals surface area contributed by atoms with Gasteiger partial charge in [0, 0.05) is 5.56 Å². The highest BCUT2D eigenvalue weighted by molar-refractivity contribution is 5.75. The lowest BCUT2D eigenvalue weighted by atomic mass is 10.1. The molecule has 0 aliphatic rings. The molecule has 0 aromatic heterocycles. The molecule has 2 heteroatoms. The Balaban J connectivity index is 2.28. The summed E-state index contributed by atoms with van der Waals surface area (Å²) >= 11 is 0. The molecule has 0 N–H and O–H groups in total. The fraction of sp³-hybridized carbons (Fsp3) is 0.188. The molecule has 0 heterocycles. The third-order valence-corrected chi connectivity index (χ3v) is 3.04. The van der Waals surface area contributed by atoms with Crippen LogP contribution in [0.15, 0.2) is 36.4 Å². The predicted molar refractivity (Wildman–Crippen MR) is 72.6 cm³/mol. The Morgan fingerprint density at radius 3 is 2.28 bits per heavy atom. The lowest BCUT2D eigenvalue weighted by Crippen LogP contribution is -1.91. The van der Waals surface area contributed by atoms with E-state index in [1.165, 1.54) is 11.1 Å². The fourth-order valence-electron chi connectivity index (χ4n) is 1.76. The first-order valence-electron chi connectivity index (χ1n) is 5.91. The van der Waals surface area contributed by atoms with Gasteiger partial charge >= 0.3 is 0 Å². The molecule has 0 unspecified atom stereocenters. The molecule has 0 spiro atoms. The third-order valence-electron chi connectivity index (χ3n) is 3.04. The van der Waals surface area contributed by atoms with Crippen molar-refractivity contribution in [2.75, 3.05) is 0 Å². The molecule has 2 aromatic carbocycles. The first-order valence-corrected chi connectivity index (χ1v) is 5.91. The zero-order valence-corrected chi connectivity index (χ0v) is 10.9. The van der Waals surface area contributed by atoms with Crippen LogP contribution < -0.4 is 4.74 Å². The third kappa shape index (κ3) is 2.59. The SMILES string of the molecule is Cc1ccc(Oc2ccc(C=O)cc2C)cc1C. The molecule has 0 amide bonds. The number of rotatable bonds is 3. The molecule has 0 atom stereocenters. The van der Waals surface area contributed by atoms with Crippen molar-refractivity contribution < 1.29 is 9.53 Å². The number of benzene rings is 2. The molecule has 0 bridgehead atoms. The van der Waals surface area contributed by atoms with E-state index in [1.54, 1.807) is 6.07 Å². The molecule has 2 aromatic rings. The average molecular weight is 240 g/mol. The normalized spacial score (nSPS) is 10.2. The smallest absolute Gasteiger partial charge is 0.150 e. The van der Waals surface area contributed by atoms with Crippen molar-refractivity contribution in [2.24, 2.45) is 0 Å². The van der Waals surface area contributed by atoms with Gasteiger partial charge in [-0.1, -0.05) is 6.07 Å². The van der Waals surface area contributed by atoms with Gasteiger partial charge in [-0.15, -0.1) is 0 Å². The van der Waals surface area contributed by atoms with Gasteiger partial charge in [0.2, 0.25) is 0 Å². The maximum Gasteiger partial charge on any atom is 0.150 e. The topological polar surface area (TPSA) is 26.3 Å². The van der Waals surface area contributed by atoms with Gasteiger partial charge in [-0.2, -0.15) is 0 Å². The van der Waals surface area contributed by atoms with Crippen LogP contribution in [-0.2, 0) is 0 Å². The average Bonchev–Trinajstić information content (AvgIpc) is 2.36. The quantitative estimate of drug-likeness (QED) is 0.751. The van der Waals surface area contributed by atoms with Crippen LogP contribution in [-0.4, -0.2) is 6.29 Å². The Labute approximate surface area is 107 Å². The van der Waals surface area contributed by atoms with Gasteiger partial charge in [-0.3, -0.25) is 4.79 Å².